The zero-order valence-electron chi connectivity index (χ0n) is 22.1. The van der Waals surface area contributed by atoms with Crippen LogP contribution in [0.5, 0.6) is 0 Å². The molecule has 0 radical (unpaired) electrons. The van der Waals surface area contributed by atoms with E-state index in [9.17, 15) is 19.7 Å². The molecule has 41 heavy (non-hydrogen) atoms. The Morgan fingerprint density at radius 2 is 1.34 bits per heavy atom. The van der Waals surface area contributed by atoms with Crippen molar-refractivity contribution in [2.45, 2.75) is 29.6 Å². The summed E-state index contributed by atoms with van der Waals surface area (Å²) in [6, 6.07) is 36.4. The number of nitro groups is 1. The lowest BCUT2D eigenvalue weighted by molar-refractivity contribution is -0.384. The van der Waals surface area contributed by atoms with Crippen LogP contribution in [0.4, 0.5) is 5.69 Å². The maximum absolute atomic E-state index is 12.7. The first-order valence-corrected chi connectivity index (χ1v) is 14.1. The average Bonchev–Trinajstić information content (AvgIpc) is 3.01. The minimum Gasteiger partial charge on any atom is -0.343 e. The first-order chi connectivity index (χ1) is 20.0. The zero-order valence-corrected chi connectivity index (χ0v) is 22.9. The van der Waals surface area contributed by atoms with Gasteiger partial charge in [-0.2, -0.15) is 4.89 Å². The minimum absolute atomic E-state index is 0.00438. The molecule has 1 aliphatic rings. The number of thioether (sulfide) groups is 1. The third-order valence-corrected chi connectivity index (χ3v) is 8.78. The van der Waals surface area contributed by atoms with Gasteiger partial charge in [0, 0.05) is 18.6 Å². The molecule has 1 heterocycles. The highest BCUT2D eigenvalue weighted by molar-refractivity contribution is 8.01. The summed E-state index contributed by atoms with van der Waals surface area (Å²) in [4.78, 5) is 45.3. The van der Waals surface area contributed by atoms with Gasteiger partial charge in [-0.1, -0.05) is 91.0 Å². The fraction of sp³-hybridized carbons (Fsp3) is 0.188. The largest absolute Gasteiger partial charge is 0.343 e. The number of nitrogens with zero attached hydrogens (tertiary/aromatic N) is 1. The highest BCUT2D eigenvalue weighted by atomic mass is 32.2. The number of nitro benzene ring substituents is 1. The van der Waals surface area contributed by atoms with Crippen LogP contribution in [-0.4, -0.2) is 22.2 Å². The molecule has 1 amide bonds. The Labute approximate surface area is 241 Å². The van der Waals surface area contributed by atoms with Crippen molar-refractivity contribution >= 4 is 29.3 Å². The highest BCUT2D eigenvalue weighted by Crippen LogP contribution is 2.52. The zero-order chi connectivity index (χ0) is 28.7. The van der Waals surface area contributed by atoms with Crippen LogP contribution in [-0.2, 0) is 30.7 Å². The SMILES string of the molecule is O=C(CCC1C(=O)NC1SC(c1ccccc1)(c1ccccc1)c1ccccc1)OOCc1ccc([N+](=O)[O-])cc1. The minimum atomic E-state index is -0.602. The monoisotopic (exact) mass is 568 g/mol. The molecule has 1 N–H and O–H groups in total. The highest BCUT2D eigenvalue weighted by Gasteiger charge is 2.47. The van der Waals surface area contributed by atoms with E-state index in [4.69, 9.17) is 9.78 Å². The number of amides is 1. The molecule has 0 aromatic heterocycles. The molecule has 4 aromatic rings. The van der Waals surface area contributed by atoms with Crippen molar-refractivity contribution in [3.8, 4) is 0 Å². The fourth-order valence-electron chi connectivity index (χ4n) is 4.89. The topological polar surface area (TPSA) is 108 Å². The molecule has 1 fully saturated rings. The van der Waals surface area contributed by atoms with Gasteiger partial charge in [-0.15, -0.1) is 11.8 Å². The van der Waals surface area contributed by atoms with E-state index in [1.807, 2.05) is 54.6 Å². The van der Waals surface area contributed by atoms with Gasteiger partial charge in [0.2, 0.25) is 5.91 Å². The number of benzene rings is 4. The van der Waals surface area contributed by atoms with E-state index < -0.39 is 21.6 Å². The van der Waals surface area contributed by atoms with E-state index in [0.717, 1.165) is 16.7 Å². The van der Waals surface area contributed by atoms with Crippen molar-refractivity contribution in [1.82, 2.24) is 5.32 Å². The Hall–Kier alpha value is -4.47. The van der Waals surface area contributed by atoms with Crippen molar-refractivity contribution in [3.63, 3.8) is 0 Å². The first kappa shape index (κ1) is 28.1. The van der Waals surface area contributed by atoms with Gasteiger partial charge in [-0.05, 0) is 40.8 Å². The molecule has 0 bridgehead atoms. The number of hydrogen-bond donors (Lipinski definition) is 1. The van der Waals surface area contributed by atoms with Crippen LogP contribution < -0.4 is 5.32 Å². The third-order valence-electron chi connectivity index (χ3n) is 7.02. The van der Waals surface area contributed by atoms with Gasteiger partial charge >= 0.3 is 5.97 Å². The molecule has 1 aliphatic heterocycles. The Kier molecular flexibility index (Phi) is 8.76. The van der Waals surface area contributed by atoms with Gasteiger partial charge in [0.1, 0.15) is 6.61 Å². The molecule has 2 atom stereocenters. The fourth-order valence-corrected chi connectivity index (χ4v) is 6.68. The van der Waals surface area contributed by atoms with E-state index >= 15 is 0 Å². The molecule has 0 spiro atoms. The van der Waals surface area contributed by atoms with Crippen molar-refractivity contribution in [3.05, 3.63) is 148 Å². The smallest absolute Gasteiger partial charge is 0.342 e. The summed E-state index contributed by atoms with van der Waals surface area (Å²) in [5.74, 6) is -1.08. The molecule has 4 aromatic carbocycles. The van der Waals surface area contributed by atoms with Gasteiger partial charge < -0.3 is 5.32 Å². The second-order valence-corrected chi connectivity index (χ2v) is 11.0. The lowest BCUT2D eigenvalue weighted by Gasteiger charge is -2.44. The normalized spacial score (nSPS) is 16.3. The van der Waals surface area contributed by atoms with Gasteiger partial charge in [-0.3, -0.25) is 19.8 Å². The quantitative estimate of drug-likeness (QED) is 0.0718. The maximum atomic E-state index is 12.7. The summed E-state index contributed by atoms with van der Waals surface area (Å²) < 4.78 is -0.602. The third kappa shape index (κ3) is 6.32. The Bertz CT molecular complexity index is 1390. The van der Waals surface area contributed by atoms with Gasteiger partial charge in [-0.25, -0.2) is 4.79 Å². The molecule has 0 saturated carbocycles. The van der Waals surface area contributed by atoms with Crippen LogP contribution in [0.3, 0.4) is 0 Å². The number of carbonyl (C=O) groups excluding carboxylic acids is 2. The predicted molar refractivity (Wildman–Crippen MR) is 155 cm³/mol. The Morgan fingerprint density at radius 3 is 1.80 bits per heavy atom. The molecular formula is C32H28N2O6S. The molecule has 8 nitrogen and oxygen atoms in total. The van der Waals surface area contributed by atoms with Crippen LogP contribution >= 0.6 is 11.8 Å². The molecule has 0 aliphatic carbocycles. The maximum Gasteiger partial charge on any atom is 0.342 e. The number of nitrogens with one attached hydrogen (secondary N) is 1. The molecule has 2 unspecified atom stereocenters. The van der Waals surface area contributed by atoms with E-state index in [1.54, 1.807) is 11.8 Å². The van der Waals surface area contributed by atoms with E-state index in [-0.39, 0.29) is 30.0 Å². The number of non-ortho nitro benzene ring substituents is 1. The summed E-state index contributed by atoms with van der Waals surface area (Å²) >= 11 is 1.66. The van der Waals surface area contributed by atoms with Crippen molar-refractivity contribution in [1.29, 1.82) is 0 Å². The standard InChI is InChI=1S/C32H28N2O6S/c35-29(40-39-22-23-16-18-27(19-17-23)34(37)38)21-20-28-30(36)33-31(28)41-32(24-10-4-1-5-11-24,25-12-6-2-7-13-25)26-14-8-3-9-15-26/h1-19,28,31H,20-22H2,(H,33,36). The molecule has 9 heteroatoms. The number of carbonyl (C=O) groups is 2. The summed E-state index contributed by atoms with van der Waals surface area (Å²) in [6.07, 6.45) is 0.308. The molecule has 1 saturated heterocycles. The second kappa shape index (κ2) is 12.8. The number of β-lactam (4-membered cyclic amide) rings is 1. The van der Waals surface area contributed by atoms with Crippen molar-refractivity contribution in [2.24, 2.45) is 5.92 Å². The number of hydrogen-bond acceptors (Lipinski definition) is 7. The van der Waals surface area contributed by atoms with E-state index in [2.05, 4.69) is 41.7 Å². The van der Waals surface area contributed by atoms with Crippen molar-refractivity contribution in [2.75, 3.05) is 0 Å². The lowest BCUT2D eigenvalue weighted by Crippen LogP contribution is -2.57. The number of rotatable bonds is 12. The van der Waals surface area contributed by atoms with Crippen LogP contribution in [0, 0.1) is 16.0 Å². The Balaban J connectivity index is 1.27. The second-order valence-electron chi connectivity index (χ2n) is 9.61. The summed E-state index contributed by atoms with van der Waals surface area (Å²) in [6.45, 7) is -0.0418. The first-order valence-electron chi connectivity index (χ1n) is 13.2. The van der Waals surface area contributed by atoms with Crippen molar-refractivity contribution < 1.29 is 24.3 Å². The molecule has 5 rings (SSSR count). The molecule has 208 valence electrons. The van der Waals surface area contributed by atoms with Crippen LogP contribution in [0.1, 0.15) is 35.1 Å². The van der Waals surface area contributed by atoms with Crippen LogP contribution in [0.15, 0.2) is 115 Å². The van der Waals surface area contributed by atoms with Crippen LogP contribution in [0.25, 0.3) is 0 Å². The average molecular weight is 569 g/mol. The van der Waals surface area contributed by atoms with Gasteiger partial charge in [0.25, 0.3) is 5.69 Å². The van der Waals surface area contributed by atoms with E-state index in [0.29, 0.717) is 12.0 Å². The predicted octanol–water partition coefficient (Wildman–Crippen LogP) is 6.15. The summed E-state index contributed by atoms with van der Waals surface area (Å²) in [7, 11) is 0. The molecular weight excluding hydrogens is 540 g/mol. The van der Waals surface area contributed by atoms with Gasteiger partial charge in [0.05, 0.1) is 21.0 Å². The summed E-state index contributed by atoms with van der Waals surface area (Å²) in [5.41, 5.74) is 3.84. The lowest BCUT2D eigenvalue weighted by atomic mass is 9.84. The van der Waals surface area contributed by atoms with E-state index in [1.165, 1.54) is 24.3 Å². The summed E-state index contributed by atoms with van der Waals surface area (Å²) in [5, 5.41) is 13.6. The van der Waals surface area contributed by atoms with Crippen LogP contribution in [0.2, 0.25) is 0 Å². The Morgan fingerprint density at radius 1 is 0.829 bits per heavy atom. The van der Waals surface area contributed by atoms with Gasteiger partial charge in [0.15, 0.2) is 0 Å².